The first-order chi connectivity index (χ1) is 20.2. The number of hydrogen-bond donors (Lipinski definition) is 1. The summed E-state index contributed by atoms with van der Waals surface area (Å²) in [6, 6.07) is 7.66. The Kier molecular flexibility index (Phi) is 13.8. The van der Waals surface area contributed by atoms with Gasteiger partial charge in [0.1, 0.15) is 18.8 Å². The normalized spacial score (nSPS) is 24.4. The number of carbonyl (C=O) groups is 6. The zero-order valence-corrected chi connectivity index (χ0v) is 26.6. The third-order valence-electron chi connectivity index (χ3n) is 5.96. The van der Waals surface area contributed by atoms with Gasteiger partial charge in [-0.3, -0.25) is 24.0 Å². The van der Waals surface area contributed by atoms with Crippen LogP contribution < -0.4 is 5.32 Å². The maximum atomic E-state index is 13.7. The van der Waals surface area contributed by atoms with Crippen LogP contribution in [0.2, 0.25) is 0 Å². The van der Waals surface area contributed by atoms with Crippen LogP contribution in [0.4, 0.5) is 0 Å². The molecule has 0 aromatic heterocycles. The van der Waals surface area contributed by atoms with Crippen molar-refractivity contribution in [2.45, 2.75) is 87.1 Å². The van der Waals surface area contributed by atoms with Crippen molar-refractivity contribution in [1.29, 1.82) is 0 Å². The predicted molar refractivity (Wildman–Crippen MR) is 155 cm³/mol. The van der Waals surface area contributed by atoms with Crippen LogP contribution in [0.5, 0.6) is 0 Å². The van der Waals surface area contributed by atoms with Gasteiger partial charge < -0.3 is 33.7 Å². The highest BCUT2D eigenvalue weighted by molar-refractivity contribution is 8.04. The van der Waals surface area contributed by atoms with Gasteiger partial charge in [-0.2, -0.15) is 0 Å². The van der Waals surface area contributed by atoms with Crippen LogP contribution in [0.3, 0.4) is 0 Å². The molecule has 1 saturated heterocycles. The molecule has 1 fully saturated rings. The lowest BCUT2D eigenvalue weighted by Gasteiger charge is -2.52. The fourth-order valence-corrected chi connectivity index (χ4v) is 7.30. The Balaban J connectivity index is 2.89. The van der Waals surface area contributed by atoms with Gasteiger partial charge in [0.15, 0.2) is 12.2 Å². The van der Waals surface area contributed by atoms with Gasteiger partial charge in [-0.05, 0) is 17.9 Å². The molecule has 43 heavy (non-hydrogen) atoms. The molecule has 1 aromatic carbocycles. The fraction of sp³-hybridized carbons (Fsp3) is 0.571. The average Bonchev–Trinajstić information content (AvgIpc) is 2.92. The molecule has 1 aromatic rings. The van der Waals surface area contributed by atoms with Crippen LogP contribution in [0.25, 0.3) is 0 Å². The molecule has 0 spiro atoms. The van der Waals surface area contributed by atoms with E-state index in [4.69, 9.17) is 28.4 Å². The summed E-state index contributed by atoms with van der Waals surface area (Å²) in [7, 11) is 1.16. The molecule has 1 aliphatic rings. The maximum Gasteiger partial charge on any atom is 0.350 e. The molecule has 238 valence electrons. The van der Waals surface area contributed by atoms with Crippen molar-refractivity contribution < 1.29 is 57.2 Å². The first-order valence-electron chi connectivity index (χ1n) is 13.3. The van der Waals surface area contributed by atoms with Crippen molar-refractivity contribution in [3.63, 3.8) is 0 Å². The van der Waals surface area contributed by atoms with E-state index in [1.165, 1.54) is 6.92 Å². The van der Waals surface area contributed by atoms with Gasteiger partial charge in [-0.1, -0.05) is 25.1 Å². The number of benzene rings is 1. The number of methoxy groups -OCH3 is 1. The SMILES string of the molecule is CCS[C@@]1(C(=O)OC)O[C@@H]([C@H](OC(C)=O)[C@@H](COC(C)=O)OC(C)=O)[C@H](NC(C)=O)[C@@H](OC(C)=O)[C@@H]1Sc1ccccc1. The van der Waals surface area contributed by atoms with Crippen LogP contribution in [-0.4, -0.2) is 95.9 Å². The average molecular weight is 644 g/mol. The van der Waals surface area contributed by atoms with Gasteiger partial charge in [0.25, 0.3) is 0 Å². The highest BCUT2D eigenvalue weighted by Crippen LogP contribution is 2.49. The quantitative estimate of drug-likeness (QED) is 0.245. The van der Waals surface area contributed by atoms with E-state index < -0.39 is 83.0 Å². The van der Waals surface area contributed by atoms with E-state index in [1.807, 2.05) is 0 Å². The summed E-state index contributed by atoms with van der Waals surface area (Å²) in [5.41, 5.74) is 0. The van der Waals surface area contributed by atoms with E-state index in [0.717, 1.165) is 58.3 Å². The first kappa shape index (κ1) is 35.9. The second-order valence-corrected chi connectivity index (χ2v) is 12.0. The molecule has 1 amide bonds. The molecule has 0 bridgehead atoms. The Bertz CT molecular complexity index is 1170. The van der Waals surface area contributed by atoms with Gasteiger partial charge in [0.2, 0.25) is 10.8 Å². The lowest BCUT2D eigenvalue weighted by Crippen LogP contribution is -2.73. The van der Waals surface area contributed by atoms with E-state index in [2.05, 4.69) is 5.32 Å². The summed E-state index contributed by atoms with van der Waals surface area (Å²) >= 11 is 2.20. The van der Waals surface area contributed by atoms with Crippen molar-refractivity contribution in [2.75, 3.05) is 19.5 Å². The highest BCUT2D eigenvalue weighted by Gasteiger charge is 2.64. The number of rotatable bonds is 13. The van der Waals surface area contributed by atoms with E-state index in [0.29, 0.717) is 10.6 Å². The smallest absolute Gasteiger partial charge is 0.350 e. The van der Waals surface area contributed by atoms with Gasteiger partial charge >= 0.3 is 29.8 Å². The molecular formula is C28H37NO12S2. The molecule has 2 rings (SSSR count). The number of amides is 1. The van der Waals surface area contributed by atoms with Gasteiger partial charge in [-0.15, -0.1) is 23.5 Å². The Morgan fingerprint density at radius 3 is 2.05 bits per heavy atom. The zero-order valence-electron chi connectivity index (χ0n) is 25.0. The van der Waals surface area contributed by atoms with Crippen molar-refractivity contribution in [1.82, 2.24) is 5.32 Å². The summed E-state index contributed by atoms with van der Waals surface area (Å²) in [4.78, 5) is 73.8. The van der Waals surface area contributed by atoms with Crippen LogP contribution in [0.1, 0.15) is 41.5 Å². The van der Waals surface area contributed by atoms with E-state index in [1.54, 1.807) is 37.3 Å². The molecule has 0 saturated carbocycles. The maximum absolute atomic E-state index is 13.7. The van der Waals surface area contributed by atoms with Crippen LogP contribution in [-0.2, 0) is 57.2 Å². The first-order valence-corrected chi connectivity index (χ1v) is 15.2. The van der Waals surface area contributed by atoms with E-state index in [9.17, 15) is 28.8 Å². The number of esters is 5. The molecule has 1 N–H and O–H groups in total. The number of carbonyl (C=O) groups excluding carboxylic acids is 6. The standard InChI is InChI=1S/C28H37NO12S2/c1-8-42-28(27(35)36-7)26(43-20-12-10-9-11-13-20)25(40-19(6)34)22(29-15(2)30)24(41-28)23(39-18(5)33)21(38-17(4)32)14-37-16(3)31/h9-13,21-26H,8,14H2,1-7H3,(H,29,30)/t21-,22+,23-,24-,25-,26+,28+/m1/s1. The summed E-state index contributed by atoms with van der Waals surface area (Å²) in [5, 5.41) is 1.69. The Morgan fingerprint density at radius 1 is 0.930 bits per heavy atom. The molecular weight excluding hydrogens is 606 g/mol. The Labute approximate surface area is 258 Å². The van der Waals surface area contributed by atoms with Crippen molar-refractivity contribution >= 4 is 59.3 Å². The zero-order chi connectivity index (χ0) is 32.3. The van der Waals surface area contributed by atoms with Crippen molar-refractivity contribution in [3.8, 4) is 0 Å². The summed E-state index contributed by atoms with van der Waals surface area (Å²) in [5.74, 6) is -4.21. The number of hydrogen-bond acceptors (Lipinski definition) is 14. The third kappa shape index (κ3) is 9.86. The predicted octanol–water partition coefficient (Wildman–Crippen LogP) is 2.03. The summed E-state index contributed by atoms with van der Waals surface area (Å²) in [6.07, 6.45) is -5.80. The molecule has 1 aliphatic heterocycles. The van der Waals surface area contributed by atoms with Crippen molar-refractivity contribution in [3.05, 3.63) is 30.3 Å². The molecule has 1 heterocycles. The fourth-order valence-electron chi connectivity index (χ4n) is 4.57. The third-order valence-corrected chi connectivity index (χ3v) is 8.74. The minimum absolute atomic E-state index is 0.310. The van der Waals surface area contributed by atoms with E-state index >= 15 is 0 Å². The number of ether oxygens (including phenoxy) is 6. The molecule has 15 heteroatoms. The molecule has 0 radical (unpaired) electrons. The Hall–Kier alpha value is -3.30. The second-order valence-electron chi connectivity index (χ2n) is 9.35. The largest absolute Gasteiger partial charge is 0.466 e. The number of thioether (sulfide) groups is 2. The molecule has 0 unspecified atom stereocenters. The highest BCUT2D eigenvalue weighted by atomic mass is 32.2. The Morgan fingerprint density at radius 2 is 1.56 bits per heavy atom. The van der Waals surface area contributed by atoms with Crippen LogP contribution >= 0.6 is 23.5 Å². The summed E-state index contributed by atoms with van der Waals surface area (Å²) in [6.45, 7) is 6.90. The molecule has 0 aliphatic carbocycles. The van der Waals surface area contributed by atoms with E-state index in [-0.39, 0.29) is 0 Å². The monoisotopic (exact) mass is 643 g/mol. The van der Waals surface area contributed by atoms with Crippen LogP contribution in [0, 0.1) is 0 Å². The van der Waals surface area contributed by atoms with Gasteiger partial charge in [-0.25, -0.2) is 4.79 Å². The van der Waals surface area contributed by atoms with Gasteiger partial charge in [0, 0.05) is 39.5 Å². The number of nitrogens with one attached hydrogen (secondary N) is 1. The molecule has 7 atom stereocenters. The lowest BCUT2D eigenvalue weighted by atomic mass is 9.88. The second kappa shape index (κ2) is 16.5. The minimum atomic E-state index is -1.91. The topological polar surface area (TPSA) is 170 Å². The van der Waals surface area contributed by atoms with Gasteiger partial charge in [0.05, 0.1) is 18.4 Å². The summed E-state index contributed by atoms with van der Waals surface area (Å²) < 4.78 is 33.7. The van der Waals surface area contributed by atoms with Crippen molar-refractivity contribution in [2.24, 2.45) is 0 Å². The minimum Gasteiger partial charge on any atom is -0.466 e. The molecule has 13 nitrogen and oxygen atoms in total. The lowest BCUT2D eigenvalue weighted by molar-refractivity contribution is -0.222. The van der Waals surface area contributed by atoms with Crippen LogP contribution in [0.15, 0.2) is 35.2 Å².